The lowest BCUT2D eigenvalue weighted by molar-refractivity contribution is -0.139. The third kappa shape index (κ3) is 6.28. The number of carbonyl (C=O) groups excluding carboxylic acids is 1. The molecule has 0 spiro atoms. The maximum atomic E-state index is 12.2. The first-order valence-corrected chi connectivity index (χ1v) is 7.57. The fraction of sp³-hybridized carbons (Fsp3) is 0.529. The largest absolute Gasteiger partial charge is 0.497 e. The summed E-state index contributed by atoms with van der Waals surface area (Å²) in [5.74, 6) is -0.531. The van der Waals surface area contributed by atoms with Crippen molar-refractivity contribution in [3.8, 4) is 5.75 Å². The summed E-state index contributed by atoms with van der Waals surface area (Å²) < 4.78 is 10.1. The molecule has 6 nitrogen and oxygen atoms in total. The summed E-state index contributed by atoms with van der Waals surface area (Å²) in [7, 11) is 3.16. The van der Waals surface area contributed by atoms with E-state index in [-0.39, 0.29) is 12.3 Å². The SMILES string of the molecule is COCCCCC(=O)NC(C)(CC(=O)O)c1cccc(OC)c1. The summed E-state index contributed by atoms with van der Waals surface area (Å²) in [6, 6.07) is 7.08. The molecule has 0 aliphatic rings. The Morgan fingerprint density at radius 3 is 2.61 bits per heavy atom. The van der Waals surface area contributed by atoms with Crippen LogP contribution in [0.5, 0.6) is 5.75 Å². The first kappa shape index (κ1) is 19.0. The van der Waals surface area contributed by atoms with E-state index in [0.717, 1.165) is 6.42 Å². The van der Waals surface area contributed by atoms with Gasteiger partial charge in [0.15, 0.2) is 0 Å². The molecule has 0 aliphatic carbocycles. The van der Waals surface area contributed by atoms with Crippen LogP contribution in [0.2, 0.25) is 0 Å². The zero-order chi connectivity index (χ0) is 17.3. The quantitative estimate of drug-likeness (QED) is 0.646. The predicted octanol–water partition coefficient (Wildman–Crippen LogP) is 2.32. The fourth-order valence-corrected chi connectivity index (χ4v) is 2.39. The second-order valence-corrected chi connectivity index (χ2v) is 5.63. The van der Waals surface area contributed by atoms with Gasteiger partial charge >= 0.3 is 5.97 Å². The average Bonchev–Trinajstić information content (AvgIpc) is 2.51. The summed E-state index contributed by atoms with van der Waals surface area (Å²) in [5, 5.41) is 12.0. The smallest absolute Gasteiger partial charge is 0.306 e. The first-order valence-electron chi connectivity index (χ1n) is 7.57. The molecule has 0 radical (unpaired) electrons. The number of unbranched alkanes of at least 4 members (excludes halogenated alkanes) is 1. The van der Waals surface area contributed by atoms with E-state index in [0.29, 0.717) is 30.8 Å². The number of methoxy groups -OCH3 is 2. The highest BCUT2D eigenvalue weighted by molar-refractivity contribution is 5.78. The molecule has 0 aliphatic heterocycles. The fourth-order valence-electron chi connectivity index (χ4n) is 2.39. The lowest BCUT2D eigenvalue weighted by Gasteiger charge is -2.30. The molecule has 1 amide bonds. The molecule has 0 saturated heterocycles. The Morgan fingerprint density at radius 2 is 2.00 bits per heavy atom. The van der Waals surface area contributed by atoms with Crippen molar-refractivity contribution in [1.29, 1.82) is 0 Å². The van der Waals surface area contributed by atoms with Crippen molar-refractivity contribution >= 4 is 11.9 Å². The number of carboxylic acids is 1. The van der Waals surface area contributed by atoms with Crippen LogP contribution in [0.1, 0.15) is 38.2 Å². The van der Waals surface area contributed by atoms with Crippen molar-refractivity contribution in [1.82, 2.24) is 5.32 Å². The molecule has 1 atom stereocenters. The van der Waals surface area contributed by atoms with Gasteiger partial charge in [0, 0.05) is 20.1 Å². The molecule has 2 N–H and O–H groups in total. The molecule has 1 rings (SSSR count). The van der Waals surface area contributed by atoms with Crippen LogP contribution in [0.3, 0.4) is 0 Å². The zero-order valence-electron chi connectivity index (χ0n) is 13.9. The van der Waals surface area contributed by atoms with Gasteiger partial charge in [-0.05, 0) is 37.5 Å². The highest BCUT2D eigenvalue weighted by Gasteiger charge is 2.31. The summed E-state index contributed by atoms with van der Waals surface area (Å²) in [4.78, 5) is 23.4. The van der Waals surface area contributed by atoms with Gasteiger partial charge in [-0.3, -0.25) is 9.59 Å². The Labute approximate surface area is 136 Å². The lowest BCUT2D eigenvalue weighted by Crippen LogP contribution is -2.45. The van der Waals surface area contributed by atoms with Gasteiger partial charge in [0.2, 0.25) is 5.91 Å². The molecule has 6 heteroatoms. The van der Waals surface area contributed by atoms with E-state index in [4.69, 9.17) is 9.47 Å². The van der Waals surface area contributed by atoms with Crippen LogP contribution in [-0.2, 0) is 19.9 Å². The van der Waals surface area contributed by atoms with E-state index in [1.807, 2.05) is 0 Å². The van der Waals surface area contributed by atoms with Gasteiger partial charge in [-0.2, -0.15) is 0 Å². The van der Waals surface area contributed by atoms with Gasteiger partial charge in [-0.1, -0.05) is 12.1 Å². The Kier molecular flexibility index (Phi) is 7.54. The molecule has 0 aromatic heterocycles. The summed E-state index contributed by atoms with van der Waals surface area (Å²) in [6.07, 6.45) is 1.62. The van der Waals surface area contributed by atoms with Crippen molar-refractivity contribution in [2.24, 2.45) is 0 Å². The predicted molar refractivity (Wildman–Crippen MR) is 86.5 cm³/mol. The summed E-state index contributed by atoms with van der Waals surface area (Å²) in [5.41, 5.74) is -0.289. The summed E-state index contributed by atoms with van der Waals surface area (Å²) >= 11 is 0. The van der Waals surface area contributed by atoms with Crippen LogP contribution in [0.25, 0.3) is 0 Å². The van der Waals surface area contributed by atoms with Crippen LogP contribution in [0, 0.1) is 0 Å². The maximum Gasteiger partial charge on any atom is 0.306 e. The molecule has 0 saturated carbocycles. The number of ether oxygens (including phenoxy) is 2. The van der Waals surface area contributed by atoms with Gasteiger partial charge in [0.05, 0.1) is 19.1 Å². The average molecular weight is 323 g/mol. The van der Waals surface area contributed by atoms with E-state index in [1.165, 1.54) is 0 Å². The lowest BCUT2D eigenvalue weighted by atomic mass is 9.88. The van der Waals surface area contributed by atoms with E-state index >= 15 is 0 Å². The minimum Gasteiger partial charge on any atom is -0.497 e. The van der Waals surface area contributed by atoms with Crippen molar-refractivity contribution in [2.45, 2.75) is 38.1 Å². The molecule has 23 heavy (non-hydrogen) atoms. The van der Waals surface area contributed by atoms with Crippen molar-refractivity contribution in [3.05, 3.63) is 29.8 Å². The maximum absolute atomic E-state index is 12.2. The molecule has 0 bridgehead atoms. The van der Waals surface area contributed by atoms with E-state index < -0.39 is 11.5 Å². The van der Waals surface area contributed by atoms with Crippen molar-refractivity contribution < 1.29 is 24.2 Å². The van der Waals surface area contributed by atoms with Crippen LogP contribution in [0.4, 0.5) is 0 Å². The summed E-state index contributed by atoms with van der Waals surface area (Å²) in [6.45, 7) is 2.32. The van der Waals surface area contributed by atoms with Crippen molar-refractivity contribution in [3.63, 3.8) is 0 Å². The first-order chi connectivity index (χ1) is 10.9. The molecular formula is C17H25NO5. The molecule has 1 aromatic rings. The van der Waals surface area contributed by atoms with E-state index in [1.54, 1.807) is 45.4 Å². The molecule has 1 unspecified atom stereocenters. The van der Waals surface area contributed by atoms with Gasteiger partial charge in [-0.15, -0.1) is 0 Å². The Hall–Kier alpha value is -2.08. The molecular weight excluding hydrogens is 298 g/mol. The number of carbonyl (C=O) groups is 2. The van der Waals surface area contributed by atoms with E-state index in [9.17, 15) is 14.7 Å². The van der Waals surface area contributed by atoms with Gasteiger partial charge < -0.3 is 19.9 Å². The Bertz CT molecular complexity index is 531. The normalized spacial score (nSPS) is 13.2. The monoisotopic (exact) mass is 323 g/mol. The number of hydrogen-bond acceptors (Lipinski definition) is 4. The standard InChI is InChI=1S/C17H25NO5/c1-17(12-16(20)21,13-7-6-8-14(11-13)23-3)18-15(19)9-4-5-10-22-2/h6-8,11H,4-5,9-10,12H2,1-3H3,(H,18,19)(H,20,21). The van der Waals surface area contributed by atoms with Gasteiger partial charge in [0.25, 0.3) is 0 Å². The number of aliphatic carboxylic acids is 1. The topological polar surface area (TPSA) is 84.9 Å². The van der Waals surface area contributed by atoms with Gasteiger partial charge in [0.1, 0.15) is 5.75 Å². The third-order valence-corrected chi connectivity index (χ3v) is 3.63. The second-order valence-electron chi connectivity index (χ2n) is 5.63. The van der Waals surface area contributed by atoms with Crippen LogP contribution in [0.15, 0.2) is 24.3 Å². The van der Waals surface area contributed by atoms with Crippen LogP contribution >= 0.6 is 0 Å². The van der Waals surface area contributed by atoms with Crippen LogP contribution < -0.4 is 10.1 Å². The molecule has 0 heterocycles. The number of benzene rings is 1. The van der Waals surface area contributed by atoms with Crippen LogP contribution in [-0.4, -0.2) is 37.8 Å². The minimum absolute atomic E-state index is 0.173. The number of rotatable bonds is 10. The van der Waals surface area contributed by atoms with Gasteiger partial charge in [-0.25, -0.2) is 0 Å². The Morgan fingerprint density at radius 1 is 1.26 bits per heavy atom. The second kappa shape index (κ2) is 9.15. The number of amides is 1. The molecule has 128 valence electrons. The number of nitrogens with one attached hydrogen (secondary N) is 1. The number of carboxylic acid groups (broad SMARTS) is 1. The highest BCUT2D eigenvalue weighted by Crippen LogP contribution is 2.28. The third-order valence-electron chi connectivity index (χ3n) is 3.63. The Balaban J connectivity index is 2.84. The minimum atomic E-state index is -0.987. The van der Waals surface area contributed by atoms with E-state index in [2.05, 4.69) is 5.32 Å². The molecule has 1 aromatic carbocycles. The van der Waals surface area contributed by atoms with Crippen molar-refractivity contribution in [2.75, 3.05) is 20.8 Å². The molecule has 0 fully saturated rings. The number of hydrogen-bond donors (Lipinski definition) is 2. The highest BCUT2D eigenvalue weighted by atomic mass is 16.5. The zero-order valence-corrected chi connectivity index (χ0v) is 13.9.